The number of hydrogen-bond acceptors (Lipinski definition) is 4. The van der Waals surface area contributed by atoms with Crippen molar-refractivity contribution in [1.82, 2.24) is 14.7 Å². The Morgan fingerprint density at radius 1 is 1.12 bits per heavy atom. The van der Waals surface area contributed by atoms with Gasteiger partial charge in [-0.2, -0.15) is 0 Å². The largest absolute Gasteiger partial charge is 0.377 e. The second-order valence-corrected chi connectivity index (χ2v) is 5.55. The van der Waals surface area contributed by atoms with Crippen LogP contribution >= 0.6 is 0 Å². The molecule has 0 saturated heterocycles. The SMILES string of the molecule is O=C(NCCCOCc1ccccc1)c1cnc2ccccn2c1=O. The van der Waals surface area contributed by atoms with E-state index in [0.29, 0.717) is 31.8 Å². The fraction of sp³-hybridized carbons (Fsp3) is 0.211. The minimum Gasteiger partial charge on any atom is -0.377 e. The van der Waals surface area contributed by atoms with Crippen molar-refractivity contribution in [3.05, 3.63) is 82.4 Å². The summed E-state index contributed by atoms with van der Waals surface area (Å²) >= 11 is 0. The molecule has 6 heteroatoms. The number of rotatable bonds is 7. The Morgan fingerprint density at radius 3 is 2.76 bits per heavy atom. The van der Waals surface area contributed by atoms with Crippen LogP contribution in [0.1, 0.15) is 22.3 Å². The summed E-state index contributed by atoms with van der Waals surface area (Å²) in [6, 6.07) is 15.1. The van der Waals surface area contributed by atoms with Gasteiger partial charge in [0.15, 0.2) is 0 Å². The van der Waals surface area contributed by atoms with Gasteiger partial charge in [0.2, 0.25) is 0 Å². The van der Waals surface area contributed by atoms with E-state index in [9.17, 15) is 9.59 Å². The molecule has 0 bridgehead atoms. The summed E-state index contributed by atoms with van der Waals surface area (Å²) in [5, 5.41) is 2.73. The monoisotopic (exact) mass is 337 g/mol. The van der Waals surface area contributed by atoms with Gasteiger partial charge in [0.25, 0.3) is 11.5 Å². The van der Waals surface area contributed by atoms with Crippen LogP contribution in [0.3, 0.4) is 0 Å². The van der Waals surface area contributed by atoms with Crippen LogP contribution in [0.2, 0.25) is 0 Å². The van der Waals surface area contributed by atoms with Crippen molar-refractivity contribution < 1.29 is 9.53 Å². The third-order valence-electron chi connectivity index (χ3n) is 3.72. The average Bonchev–Trinajstić information content (AvgIpc) is 2.66. The Bertz CT molecular complexity index is 906. The highest BCUT2D eigenvalue weighted by Crippen LogP contribution is 2.01. The maximum absolute atomic E-state index is 12.3. The molecule has 0 atom stereocenters. The van der Waals surface area contributed by atoms with E-state index in [-0.39, 0.29) is 11.1 Å². The van der Waals surface area contributed by atoms with Crippen molar-refractivity contribution in [3.63, 3.8) is 0 Å². The first kappa shape index (κ1) is 16.9. The van der Waals surface area contributed by atoms with E-state index in [1.54, 1.807) is 24.4 Å². The summed E-state index contributed by atoms with van der Waals surface area (Å²) in [4.78, 5) is 28.6. The lowest BCUT2D eigenvalue weighted by atomic mass is 10.2. The highest BCUT2D eigenvalue weighted by Gasteiger charge is 2.12. The number of ether oxygens (including phenoxy) is 1. The summed E-state index contributed by atoms with van der Waals surface area (Å²) in [6.07, 6.45) is 3.58. The Balaban J connectivity index is 1.47. The van der Waals surface area contributed by atoms with Gasteiger partial charge in [-0.15, -0.1) is 0 Å². The van der Waals surface area contributed by atoms with E-state index in [4.69, 9.17) is 4.74 Å². The van der Waals surface area contributed by atoms with E-state index in [1.807, 2.05) is 30.3 Å². The number of aromatic nitrogens is 2. The average molecular weight is 337 g/mol. The van der Waals surface area contributed by atoms with Gasteiger partial charge in [-0.3, -0.25) is 14.0 Å². The van der Waals surface area contributed by atoms with Crippen LogP contribution in [-0.4, -0.2) is 28.4 Å². The summed E-state index contributed by atoms with van der Waals surface area (Å²) in [5.41, 5.74) is 1.29. The first-order chi connectivity index (χ1) is 12.3. The minimum atomic E-state index is -0.418. The molecular weight excluding hydrogens is 318 g/mol. The van der Waals surface area contributed by atoms with Crippen LogP contribution in [0.15, 0.2) is 65.7 Å². The zero-order valence-electron chi connectivity index (χ0n) is 13.7. The van der Waals surface area contributed by atoms with Gasteiger partial charge < -0.3 is 10.1 Å². The van der Waals surface area contributed by atoms with E-state index in [2.05, 4.69) is 10.3 Å². The Morgan fingerprint density at radius 2 is 1.92 bits per heavy atom. The molecule has 128 valence electrons. The topological polar surface area (TPSA) is 72.7 Å². The van der Waals surface area contributed by atoms with Gasteiger partial charge in [0.1, 0.15) is 11.2 Å². The second-order valence-electron chi connectivity index (χ2n) is 5.55. The number of amides is 1. The molecule has 3 aromatic rings. The molecule has 0 aliphatic carbocycles. The standard InChI is InChI=1S/C19H19N3O3/c23-18(16-13-21-17-9-4-5-11-22(17)19(16)24)20-10-6-12-25-14-15-7-2-1-3-8-15/h1-5,7-9,11,13H,6,10,12,14H2,(H,20,23). The van der Waals surface area contributed by atoms with E-state index < -0.39 is 5.91 Å². The van der Waals surface area contributed by atoms with E-state index in [1.165, 1.54) is 10.6 Å². The van der Waals surface area contributed by atoms with Gasteiger partial charge in [-0.05, 0) is 24.1 Å². The van der Waals surface area contributed by atoms with E-state index >= 15 is 0 Å². The fourth-order valence-corrected chi connectivity index (χ4v) is 2.42. The number of hydrogen-bond donors (Lipinski definition) is 1. The maximum Gasteiger partial charge on any atom is 0.270 e. The van der Waals surface area contributed by atoms with Crippen LogP contribution in [0.25, 0.3) is 5.65 Å². The third-order valence-corrected chi connectivity index (χ3v) is 3.72. The van der Waals surface area contributed by atoms with Crippen molar-refractivity contribution in [3.8, 4) is 0 Å². The molecule has 1 amide bonds. The lowest BCUT2D eigenvalue weighted by molar-refractivity contribution is 0.0932. The molecule has 2 aromatic heterocycles. The Hall–Kier alpha value is -2.99. The van der Waals surface area contributed by atoms with Gasteiger partial charge in [-0.1, -0.05) is 36.4 Å². The number of benzene rings is 1. The molecule has 1 aromatic carbocycles. The van der Waals surface area contributed by atoms with Gasteiger partial charge in [0.05, 0.1) is 6.61 Å². The lowest BCUT2D eigenvalue weighted by Crippen LogP contribution is -2.32. The smallest absolute Gasteiger partial charge is 0.270 e. The predicted octanol–water partition coefficient (Wildman–Crippen LogP) is 2.03. The van der Waals surface area contributed by atoms with Crippen molar-refractivity contribution in [1.29, 1.82) is 0 Å². The number of fused-ring (bicyclic) bond motifs is 1. The number of carbonyl (C=O) groups excluding carboxylic acids is 1. The van der Waals surface area contributed by atoms with Crippen LogP contribution < -0.4 is 10.9 Å². The maximum atomic E-state index is 12.3. The normalized spacial score (nSPS) is 10.7. The van der Waals surface area contributed by atoms with Gasteiger partial charge in [-0.25, -0.2) is 4.98 Å². The number of nitrogens with one attached hydrogen (secondary N) is 1. The van der Waals surface area contributed by atoms with Gasteiger partial charge >= 0.3 is 0 Å². The molecule has 0 radical (unpaired) electrons. The molecule has 0 aliphatic heterocycles. The fourth-order valence-electron chi connectivity index (χ4n) is 2.42. The van der Waals surface area contributed by atoms with Crippen molar-refractivity contribution in [2.75, 3.05) is 13.2 Å². The Labute approximate surface area is 145 Å². The van der Waals surface area contributed by atoms with Crippen LogP contribution in [0, 0.1) is 0 Å². The zero-order chi connectivity index (χ0) is 17.5. The lowest BCUT2D eigenvalue weighted by Gasteiger charge is -2.07. The molecule has 0 spiro atoms. The molecule has 0 unspecified atom stereocenters. The highest BCUT2D eigenvalue weighted by molar-refractivity contribution is 5.93. The first-order valence-electron chi connectivity index (χ1n) is 8.12. The van der Waals surface area contributed by atoms with Gasteiger partial charge in [0, 0.05) is 25.5 Å². The molecule has 6 nitrogen and oxygen atoms in total. The Kier molecular flexibility index (Phi) is 5.53. The molecule has 0 saturated carbocycles. The first-order valence-corrected chi connectivity index (χ1v) is 8.12. The highest BCUT2D eigenvalue weighted by atomic mass is 16.5. The predicted molar refractivity (Wildman–Crippen MR) is 94.5 cm³/mol. The summed E-state index contributed by atoms with van der Waals surface area (Å²) in [6.45, 7) is 1.51. The van der Waals surface area contributed by atoms with Crippen LogP contribution in [0.5, 0.6) is 0 Å². The number of pyridine rings is 1. The quantitative estimate of drug-likeness (QED) is 0.670. The molecule has 1 N–H and O–H groups in total. The molecule has 0 aliphatic rings. The molecule has 2 heterocycles. The third kappa shape index (κ3) is 4.30. The van der Waals surface area contributed by atoms with Crippen LogP contribution in [0.4, 0.5) is 0 Å². The van der Waals surface area contributed by atoms with E-state index in [0.717, 1.165) is 5.56 Å². The molecular formula is C19H19N3O3. The van der Waals surface area contributed by atoms with Crippen molar-refractivity contribution in [2.45, 2.75) is 13.0 Å². The van der Waals surface area contributed by atoms with Crippen molar-refractivity contribution >= 4 is 11.6 Å². The molecule has 3 rings (SSSR count). The molecule has 0 fully saturated rings. The second kappa shape index (κ2) is 8.21. The summed E-state index contributed by atoms with van der Waals surface area (Å²) < 4.78 is 6.92. The number of nitrogens with zero attached hydrogens (tertiary/aromatic N) is 2. The number of carbonyl (C=O) groups is 1. The molecule has 25 heavy (non-hydrogen) atoms. The summed E-state index contributed by atoms with van der Waals surface area (Å²) in [7, 11) is 0. The zero-order valence-corrected chi connectivity index (χ0v) is 13.7. The minimum absolute atomic E-state index is 0.0360. The van der Waals surface area contributed by atoms with Crippen LogP contribution in [-0.2, 0) is 11.3 Å². The summed E-state index contributed by atoms with van der Waals surface area (Å²) in [5.74, 6) is -0.418. The van der Waals surface area contributed by atoms with Crippen molar-refractivity contribution in [2.24, 2.45) is 0 Å².